The Morgan fingerprint density at radius 2 is 1.70 bits per heavy atom. The van der Waals surface area contributed by atoms with Crippen LogP contribution >= 0.6 is 0 Å². The zero-order chi connectivity index (χ0) is 13.5. The van der Waals surface area contributed by atoms with Crippen LogP contribution in [-0.4, -0.2) is 19.1 Å². The van der Waals surface area contributed by atoms with Crippen molar-refractivity contribution in [1.29, 1.82) is 0 Å². The van der Waals surface area contributed by atoms with Crippen molar-refractivity contribution in [3.63, 3.8) is 0 Å². The normalized spacial score (nSPS) is 22.6. The molecule has 2 aliphatic carbocycles. The molecule has 2 heteroatoms. The van der Waals surface area contributed by atoms with Crippen molar-refractivity contribution < 1.29 is 0 Å². The average Bonchev–Trinajstić information content (AvgIpc) is 3.38. The summed E-state index contributed by atoms with van der Waals surface area (Å²) in [5, 5.41) is 3.87. The van der Waals surface area contributed by atoms with E-state index < -0.39 is 0 Å². The van der Waals surface area contributed by atoms with Crippen LogP contribution in [0.3, 0.4) is 0 Å². The van der Waals surface area contributed by atoms with Crippen LogP contribution in [0.4, 0.5) is 11.4 Å². The molecule has 1 saturated heterocycles. The topological polar surface area (TPSA) is 15.3 Å². The second kappa shape index (κ2) is 4.98. The third-order valence-electron chi connectivity index (χ3n) is 5.26. The molecule has 0 atom stereocenters. The lowest BCUT2D eigenvalue weighted by Crippen LogP contribution is -2.25. The Hall–Kier alpha value is -1.18. The van der Waals surface area contributed by atoms with Gasteiger partial charge in [-0.3, -0.25) is 0 Å². The first-order valence-corrected chi connectivity index (χ1v) is 8.43. The highest BCUT2D eigenvalue weighted by Gasteiger charge is 2.41. The standard InChI is InChI=1S/C18H26N2/c1-13-12-16(20-10-2-3-11-20)8-9-17(13)19-18(14-4-5-14)15-6-7-15/h8-9,12,14-15,18-19H,2-7,10-11H2,1H3. The van der Waals surface area contributed by atoms with Crippen molar-refractivity contribution in [3.05, 3.63) is 23.8 Å². The van der Waals surface area contributed by atoms with Crippen molar-refractivity contribution in [2.45, 2.75) is 51.5 Å². The van der Waals surface area contributed by atoms with Crippen LogP contribution in [0.2, 0.25) is 0 Å². The van der Waals surface area contributed by atoms with Gasteiger partial charge in [-0.1, -0.05) is 0 Å². The van der Waals surface area contributed by atoms with Gasteiger partial charge < -0.3 is 10.2 Å². The van der Waals surface area contributed by atoms with Crippen molar-refractivity contribution in [2.75, 3.05) is 23.3 Å². The number of nitrogens with zero attached hydrogens (tertiary/aromatic N) is 1. The number of anilines is 2. The Morgan fingerprint density at radius 1 is 1.05 bits per heavy atom. The third kappa shape index (κ3) is 2.53. The molecule has 1 aliphatic heterocycles. The molecule has 3 aliphatic rings. The van der Waals surface area contributed by atoms with E-state index in [1.54, 1.807) is 0 Å². The quantitative estimate of drug-likeness (QED) is 0.863. The Morgan fingerprint density at radius 3 is 2.25 bits per heavy atom. The van der Waals surface area contributed by atoms with Gasteiger partial charge in [0.05, 0.1) is 0 Å². The third-order valence-corrected chi connectivity index (χ3v) is 5.26. The summed E-state index contributed by atoms with van der Waals surface area (Å²) in [6.07, 6.45) is 8.48. The molecule has 1 aromatic rings. The maximum Gasteiger partial charge on any atom is 0.0373 e. The second-order valence-corrected chi connectivity index (χ2v) is 7.04. The Bertz CT molecular complexity index is 470. The SMILES string of the molecule is Cc1cc(N2CCCC2)ccc1NC(C1CC1)C1CC1. The first-order chi connectivity index (χ1) is 9.81. The lowest BCUT2D eigenvalue weighted by Gasteiger charge is -2.23. The molecule has 2 saturated carbocycles. The van der Waals surface area contributed by atoms with Gasteiger partial charge in [0.15, 0.2) is 0 Å². The molecule has 0 amide bonds. The Labute approximate surface area is 122 Å². The summed E-state index contributed by atoms with van der Waals surface area (Å²) in [6.45, 7) is 4.73. The van der Waals surface area contributed by atoms with Crippen LogP contribution in [0.1, 0.15) is 44.1 Å². The summed E-state index contributed by atoms with van der Waals surface area (Å²) in [5.41, 5.74) is 4.21. The molecule has 20 heavy (non-hydrogen) atoms. The molecular formula is C18H26N2. The van der Waals surface area contributed by atoms with Crippen LogP contribution in [0, 0.1) is 18.8 Å². The number of nitrogens with one attached hydrogen (secondary N) is 1. The minimum absolute atomic E-state index is 0.756. The first kappa shape index (κ1) is 12.6. The van der Waals surface area contributed by atoms with Crippen LogP contribution in [0.15, 0.2) is 18.2 Å². The zero-order valence-corrected chi connectivity index (χ0v) is 12.6. The molecule has 108 valence electrons. The summed E-state index contributed by atoms with van der Waals surface area (Å²) in [5.74, 6) is 1.92. The van der Waals surface area contributed by atoms with E-state index in [1.807, 2.05) is 0 Å². The minimum Gasteiger partial charge on any atom is -0.382 e. The monoisotopic (exact) mass is 270 g/mol. The van der Waals surface area contributed by atoms with E-state index in [-0.39, 0.29) is 0 Å². The molecule has 0 radical (unpaired) electrons. The summed E-state index contributed by atoms with van der Waals surface area (Å²) < 4.78 is 0. The number of aryl methyl sites for hydroxylation is 1. The molecule has 1 heterocycles. The van der Waals surface area contributed by atoms with Crippen LogP contribution < -0.4 is 10.2 Å². The molecule has 0 unspecified atom stereocenters. The van der Waals surface area contributed by atoms with E-state index in [2.05, 4.69) is 35.3 Å². The molecule has 0 bridgehead atoms. The van der Waals surface area contributed by atoms with Gasteiger partial charge in [0.25, 0.3) is 0 Å². The molecule has 1 aromatic carbocycles. The predicted molar refractivity (Wildman–Crippen MR) is 85.5 cm³/mol. The summed E-state index contributed by atoms with van der Waals surface area (Å²) in [4.78, 5) is 2.52. The Kier molecular flexibility index (Phi) is 3.13. The fourth-order valence-corrected chi connectivity index (χ4v) is 3.69. The van der Waals surface area contributed by atoms with E-state index in [0.29, 0.717) is 0 Å². The van der Waals surface area contributed by atoms with Gasteiger partial charge in [-0.25, -0.2) is 0 Å². The van der Waals surface area contributed by atoms with E-state index in [0.717, 1.165) is 17.9 Å². The van der Waals surface area contributed by atoms with Crippen molar-refractivity contribution >= 4 is 11.4 Å². The molecule has 3 fully saturated rings. The van der Waals surface area contributed by atoms with Crippen LogP contribution in [0.25, 0.3) is 0 Å². The second-order valence-electron chi connectivity index (χ2n) is 7.04. The van der Waals surface area contributed by atoms with Crippen LogP contribution in [0.5, 0.6) is 0 Å². The fourth-order valence-electron chi connectivity index (χ4n) is 3.69. The number of benzene rings is 1. The number of hydrogen-bond acceptors (Lipinski definition) is 2. The predicted octanol–water partition coefficient (Wildman–Crippen LogP) is 4.20. The highest BCUT2D eigenvalue weighted by Crippen LogP contribution is 2.46. The number of rotatable bonds is 5. The fraction of sp³-hybridized carbons (Fsp3) is 0.667. The van der Waals surface area contributed by atoms with Crippen molar-refractivity contribution in [2.24, 2.45) is 11.8 Å². The van der Waals surface area contributed by atoms with Gasteiger partial charge in [-0.15, -0.1) is 0 Å². The van der Waals surface area contributed by atoms with Crippen LogP contribution in [-0.2, 0) is 0 Å². The summed E-state index contributed by atoms with van der Waals surface area (Å²) in [6, 6.07) is 7.77. The smallest absolute Gasteiger partial charge is 0.0373 e. The van der Waals surface area contributed by atoms with Gasteiger partial charge in [0.1, 0.15) is 0 Å². The molecule has 2 nitrogen and oxygen atoms in total. The molecule has 0 aromatic heterocycles. The van der Waals surface area contributed by atoms with E-state index in [9.17, 15) is 0 Å². The minimum atomic E-state index is 0.756. The van der Waals surface area contributed by atoms with Gasteiger partial charge in [-0.2, -0.15) is 0 Å². The van der Waals surface area contributed by atoms with E-state index in [4.69, 9.17) is 0 Å². The number of hydrogen-bond donors (Lipinski definition) is 1. The van der Waals surface area contributed by atoms with Gasteiger partial charge in [0, 0.05) is 30.5 Å². The maximum atomic E-state index is 3.87. The molecule has 0 spiro atoms. The lowest BCUT2D eigenvalue weighted by molar-refractivity contribution is 0.567. The van der Waals surface area contributed by atoms with Crippen molar-refractivity contribution in [3.8, 4) is 0 Å². The van der Waals surface area contributed by atoms with Gasteiger partial charge >= 0.3 is 0 Å². The average molecular weight is 270 g/mol. The largest absolute Gasteiger partial charge is 0.382 e. The van der Waals surface area contributed by atoms with E-state index in [1.165, 1.54) is 68.6 Å². The van der Waals surface area contributed by atoms with Crippen molar-refractivity contribution in [1.82, 2.24) is 0 Å². The molecule has 4 rings (SSSR count). The lowest BCUT2D eigenvalue weighted by atomic mass is 10.1. The molecular weight excluding hydrogens is 244 g/mol. The molecule has 1 N–H and O–H groups in total. The summed E-state index contributed by atoms with van der Waals surface area (Å²) in [7, 11) is 0. The first-order valence-electron chi connectivity index (χ1n) is 8.43. The highest BCUT2D eigenvalue weighted by molar-refractivity contribution is 5.61. The zero-order valence-electron chi connectivity index (χ0n) is 12.6. The highest BCUT2D eigenvalue weighted by atomic mass is 15.1. The maximum absolute atomic E-state index is 3.87. The van der Waals surface area contributed by atoms with E-state index >= 15 is 0 Å². The Balaban J connectivity index is 1.49. The van der Waals surface area contributed by atoms with Gasteiger partial charge in [-0.05, 0) is 81.0 Å². The van der Waals surface area contributed by atoms with Gasteiger partial charge in [0.2, 0.25) is 0 Å². The summed E-state index contributed by atoms with van der Waals surface area (Å²) >= 11 is 0.